The lowest BCUT2D eigenvalue weighted by atomic mass is 10.00. The molecular formula is C18H22ClN. The highest BCUT2D eigenvalue weighted by molar-refractivity contribution is 6.30. The molecule has 0 spiro atoms. The molecule has 2 heteroatoms. The van der Waals surface area contributed by atoms with Gasteiger partial charge in [0.1, 0.15) is 0 Å². The van der Waals surface area contributed by atoms with Crippen molar-refractivity contribution in [3.8, 4) is 0 Å². The Hall–Kier alpha value is -1.31. The van der Waals surface area contributed by atoms with Crippen LogP contribution in [0.2, 0.25) is 5.02 Å². The molecular weight excluding hydrogens is 266 g/mol. The minimum absolute atomic E-state index is 0.309. The number of benzene rings is 2. The zero-order chi connectivity index (χ0) is 14.4. The molecule has 1 N–H and O–H groups in total. The Balaban J connectivity index is 2.10. The van der Waals surface area contributed by atoms with E-state index in [0.717, 1.165) is 11.4 Å². The number of hydrogen-bond acceptors (Lipinski definition) is 1. The fourth-order valence-corrected chi connectivity index (χ4v) is 2.60. The number of hydrogen-bond donors (Lipinski definition) is 1. The van der Waals surface area contributed by atoms with Crippen LogP contribution in [0.4, 0.5) is 0 Å². The Morgan fingerprint density at radius 2 is 1.60 bits per heavy atom. The molecule has 1 unspecified atom stereocenters. The number of nitrogens with one attached hydrogen (secondary N) is 1. The first-order valence-corrected chi connectivity index (χ1v) is 7.65. The highest BCUT2D eigenvalue weighted by Crippen LogP contribution is 2.24. The number of rotatable bonds is 6. The van der Waals surface area contributed by atoms with Gasteiger partial charge in [-0.25, -0.2) is 0 Å². The van der Waals surface area contributed by atoms with E-state index in [1.807, 2.05) is 12.1 Å². The zero-order valence-corrected chi connectivity index (χ0v) is 12.9. The van der Waals surface area contributed by atoms with Crippen LogP contribution in [0.15, 0.2) is 54.6 Å². The second-order valence-corrected chi connectivity index (χ2v) is 5.63. The topological polar surface area (TPSA) is 12.0 Å². The van der Waals surface area contributed by atoms with Crippen LogP contribution >= 0.6 is 11.6 Å². The molecule has 0 fully saturated rings. The second-order valence-electron chi connectivity index (χ2n) is 5.19. The highest BCUT2D eigenvalue weighted by Gasteiger charge is 2.14. The smallest absolute Gasteiger partial charge is 0.0406 e. The monoisotopic (exact) mass is 287 g/mol. The van der Waals surface area contributed by atoms with Gasteiger partial charge >= 0.3 is 0 Å². The summed E-state index contributed by atoms with van der Waals surface area (Å²) < 4.78 is 0. The molecule has 0 saturated carbocycles. The molecule has 0 bridgehead atoms. The molecule has 2 atom stereocenters. The van der Waals surface area contributed by atoms with Crippen molar-refractivity contribution in [2.24, 2.45) is 0 Å². The Morgan fingerprint density at radius 1 is 0.950 bits per heavy atom. The first-order chi connectivity index (χ1) is 9.70. The zero-order valence-electron chi connectivity index (χ0n) is 12.1. The maximum atomic E-state index is 5.95. The molecule has 1 nitrogen and oxygen atoms in total. The van der Waals surface area contributed by atoms with Crippen molar-refractivity contribution in [3.63, 3.8) is 0 Å². The highest BCUT2D eigenvalue weighted by atomic mass is 35.5. The third-order valence-corrected chi connectivity index (χ3v) is 3.85. The molecule has 106 valence electrons. The average Bonchev–Trinajstić information content (AvgIpc) is 2.48. The minimum Gasteiger partial charge on any atom is -0.303 e. The normalized spacial score (nSPS) is 13.9. The van der Waals surface area contributed by atoms with E-state index in [1.54, 1.807) is 0 Å². The SMILES string of the molecule is CCCC(N[C@H](C)c1ccc(Cl)cc1)c1ccccc1. The summed E-state index contributed by atoms with van der Waals surface area (Å²) in [5.41, 5.74) is 2.63. The summed E-state index contributed by atoms with van der Waals surface area (Å²) in [4.78, 5) is 0. The molecule has 2 aromatic carbocycles. The second kappa shape index (κ2) is 7.47. The van der Waals surface area contributed by atoms with Crippen LogP contribution in [0.5, 0.6) is 0 Å². The Labute approximate surface area is 127 Å². The Morgan fingerprint density at radius 3 is 2.20 bits per heavy atom. The summed E-state index contributed by atoms with van der Waals surface area (Å²) in [6.45, 7) is 4.43. The van der Waals surface area contributed by atoms with Gasteiger partial charge in [-0.2, -0.15) is 0 Å². The molecule has 0 heterocycles. The van der Waals surface area contributed by atoms with Gasteiger partial charge in [0, 0.05) is 17.1 Å². The molecule has 2 aromatic rings. The maximum Gasteiger partial charge on any atom is 0.0406 e. The van der Waals surface area contributed by atoms with Crippen LogP contribution in [0, 0.1) is 0 Å². The molecule has 0 saturated heterocycles. The summed E-state index contributed by atoms with van der Waals surface area (Å²) >= 11 is 5.95. The summed E-state index contributed by atoms with van der Waals surface area (Å²) in [5.74, 6) is 0. The lowest BCUT2D eigenvalue weighted by Gasteiger charge is -2.24. The van der Waals surface area contributed by atoms with Crippen LogP contribution < -0.4 is 5.32 Å². The summed E-state index contributed by atoms with van der Waals surface area (Å²) in [6, 6.07) is 19.5. The molecule has 0 amide bonds. The van der Waals surface area contributed by atoms with Crippen LogP contribution in [-0.4, -0.2) is 0 Å². The average molecular weight is 288 g/mol. The molecule has 0 aliphatic carbocycles. The standard InChI is InChI=1S/C18H22ClN/c1-3-7-18(16-8-5-4-6-9-16)20-14(2)15-10-12-17(19)13-11-15/h4-6,8-14,18,20H,3,7H2,1-2H3/t14-,18?/m1/s1. The number of halogens is 1. The van der Waals surface area contributed by atoms with Crippen LogP contribution in [-0.2, 0) is 0 Å². The summed E-state index contributed by atoms with van der Waals surface area (Å²) in [5, 5.41) is 4.51. The van der Waals surface area contributed by atoms with E-state index in [2.05, 4.69) is 61.6 Å². The van der Waals surface area contributed by atoms with Crippen molar-refractivity contribution in [1.82, 2.24) is 5.32 Å². The quantitative estimate of drug-likeness (QED) is 0.736. The third-order valence-electron chi connectivity index (χ3n) is 3.60. The largest absolute Gasteiger partial charge is 0.303 e. The van der Waals surface area contributed by atoms with Gasteiger partial charge in [0.05, 0.1) is 0 Å². The lowest BCUT2D eigenvalue weighted by molar-refractivity contribution is 0.439. The summed E-state index contributed by atoms with van der Waals surface area (Å²) in [7, 11) is 0. The fraction of sp³-hybridized carbons (Fsp3) is 0.333. The van der Waals surface area contributed by atoms with E-state index in [0.29, 0.717) is 12.1 Å². The van der Waals surface area contributed by atoms with Crippen molar-refractivity contribution in [3.05, 3.63) is 70.7 Å². The van der Waals surface area contributed by atoms with Crippen LogP contribution in [0.3, 0.4) is 0 Å². The van der Waals surface area contributed by atoms with Gasteiger partial charge in [-0.15, -0.1) is 0 Å². The molecule has 2 rings (SSSR count). The Bertz CT molecular complexity index is 507. The predicted molar refractivity (Wildman–Crippen MR) is 87.1 cm³/mol. The van der Waals surface area contributed by atoms with Gasteiger partial charge in [-0.3, -0.25) is 0 Å². The van der Waals surface area contributed by atoms with Crippen molar-refractivity contribution in [1.29, 1.82) is 0 Å². The van der Waals surface area contributed by atoms with Crippen molar-refractivity contribution in [2.45, 2.75) is 38.8 Å². The fourth-order valence-electron chi connectivity index (χ4n) is 2.47. The van der Waals surface area contributed by atoms with Gasteiger partial charge in [-0.1, -0.05) is 67.4 Å². The lowest BCUT2D eigenvalue weighted by Crippen LogP contribution is -2.24. The molecule has 0 aliphatic rings. The molecule has 0 aliphatic heterocycles. The van der Waals surface area contributed by atoms with Gasteiger partial charge in [0.15, 0.2) is 0 Å². The van der Waals surface area contributed by atoms with Crippen molar-refractivity contribution >= 4 is 11.6 Å². The first-order valence-electron chi connectivity index (χ1n) is 7.27. The maximum absolute atomic E-state index is 5.95. The summed E-state index contributed by atoms with van der Waals surface area (Å²) in [6.07, 6.45) is 2.31. The van der Waals surface area contributed by atoms with Crippen LogP contribution in [0.25, 0.3) is 0 Å². The minimum atomic E-state index is 0.309. The molecule has 0 radical (unpaired) electrons. The van der Waals surface area contributed by atoms with E-state index in [-0.39, 0.29) is 0 Å². The van der Waals surface area contributed by atoms with Crippen LogP contribution in [0.1, 0.15) is 49.9 Å². The van der Waals surface area contributed by atoms with E-state index >= 15 is 0 Å². The van der Waals surface area contributed by atoms with Crippen molar-refractivity contribution in [2.75, 3.05) is 0 Å². The predicted octanol–water partition coefficient (Wildman–Crippen LogP) is 5.53. The van der Waals surface area contributed by atoms with Gasteiger partial charge in [0.25, 0.3) is 0 Å². The van der Waals surface area contributed by atoms with Gasteiger partial charge < -0.3 is 5.32 Å². The first kappa shape index (κ1) is 15.1. The van der Waals surface area contributed by atoms with E-state index in [9.17, 15) is 0 Å². The Kier molecular flexibility index (Phi) is 5.63. The van der Waals surface area contributed by atoms with E-state index in [1.165, 1.54) is 17.5 Å². The van der Waals surface area contributed by atoms with E-state index in [4.69, 9.17) is 11.6 Å². The van der Waals surface area contributed by atoms with Gasteiger partial charge in [-0.05, 0) is 36.6 Å². The molecule has 20 heavy (non-hydrogen) atoms. The van der Waals surface area contributed by atoms with E-state index < -0.39 is 0 Å². The van der Waals surface area contributed by atoms with Gasteiger partial charge in [0.2, 0.25) is 0 Å². The molecule has 0 aromatic heterocycles. The van der Waals surface area contributed by atoms with Crippen molar-refractivity contribution < 1.29 is 0 Å². The third kappa shape index (κ3) is 4.09.